The van der Waals surface area contributed by atoms with Crippen molar-refractivity contribution < 1.29 is 33.3 Å². The molecule has 2 aromatic carbocycles. The zero-order valence-electron chi connectivity index (χ0n) is 16.7. The fourth-order valence-electron chi connectivity index (χ4n) is 2.44. The molecular formula is C22H25FO6. The standard InChI is InChI=1S/C22H25FO6/c1-22(2,3)29-20(24)14-27-18-10-6-15(7-11-18)12-19(21(25)26)28-13-16-4-8-17(23)9-5-16/h4-11,19H,12-14H2,1-3H3,(H,25,26). The van der Waals surface area contributed by atoms with Gasteiger partial charge in [-0.05, 0) is 56.2 Å². The van der Waals surface area contributed by atoms with Gasteiger partial charge in [-0.1, -0.05) is 24.3 Å². The zero-order valence-corrected chi connectivity index (χ0v) is 16.7. The second-order valence-electron chi connectivity index (χ2n) is 7.49. The molecule has 0 saturated carbocycles. The van der Waals surface area contributed by atoms with Crippen molar-refractivity contribution >= 4 is 11.9 Å². The number of ether oxygens (including phenoxy) is 3. The van der Waals surface area contributed by atoms with E-state index in [1.54, 1.807) is 57.2 Å². The number of benzene rings is 2. The van der Waals surface area contributed by atoms with Crippen molar-refractivity contribution in [1.29, 1.82) is 0 Å². The summed E-state index contributed by atoms with van der Waals surface area (Å²) in [7, 11) is 0. The van der Waals surface area contributed by atoms with E-state index < -0.39 is 23.6 Å². The number of carbonyl (C=O) groups excluding carboxylic acids is 1. The van der Waals surface area contributed by atoms with Crippen LogP contribution < -0.4 is 4.74 Å². The fraction of sp³-hybridized carbons (Fsp3) is 0.364. The second kappa shape index (κ2) is 10.0. The third-order valence-corrected chi connectivity index (χ3v) is 3.76. The predicted molar refractivity (Wildman–Crippen MR) is 104 cm³/mol. The highest BCUT2D eigenvalue weighted by Crippen LogP contribution is 2.16. The Bertz CT molecular complexity index is 809. The number of halogens is 1. The van der Waals surface area contributed by atoms with Crippen molar-refractivity contribution in [2.75, 3.05) is 6.61 Å². The van der Waals surface area contributed by atoms with Gasteiger partial charge in [-0.15, -0.1) is 0 Å². The van der Waals surface area contributed by atoms with Crippen LogP contribution >= 0.6 is 0 Å². The van der Waals surface area contributed by atoms with Crippen molar-refractivity contribution in [2.24, 2.45) is 0 Å². The average molecular weight is 404 g/mol. The Morgan fingerprint density at radius 1 is 1.00 bits per heavy atom. The van der Waals surface area contributed by atoms with Crippen LogP contribution in [-0.2, 0) is 32.1 Å². The minimum atomic E-state index is -1.09. The first kappa shape index (κ1) is 22.4. The van der Waals surface area contributed by atoms with E-state index in [0.717, 1.165) is 5.56 Å². The molecule has 1 atom stereocenters. The molecule has 0 aliphatic carbocycles. The molecule has 0 bridgehead atoms. The quantitative estimate of drug-likeness (QED) is 0.641. The van der Waals surface area contributed by atoms with E-state index in [9.17, 15) is 19.1 Å². The average Bonchev–Trinajstić information content (AvgIpc) is 2.64. The van der Waals surface area contributed by atoms with Gasteiger partial charge in [0.05, 0.1) is 6.61 Å². The minimum Gasteiger partial charge on any atom is -0.482 e. The third-order valence-electron chi connectivity index (χ3n) is 3.76. The molecule has 0 heterocycles. The lowest BCUT2D eigenvalue weighted by Gasteiger charge is -2.19. The maximum Gasteiger partial charge on any atom is 0.344 e. The second-order valence-corrected chi connectivity index (χ2v) is 7.49. The summed E-state index contributed by atoms with van der Waals surface area (Å²) in [6.45, 7) is 5.17. The van der Waals surface area contributed by atoms with Crippen LogP contribution in [0.5, 0.6) is 5.75 Å². The molecular weight excluding hydrogens is 379 g/mol. The molecule has 1 unspecified atom stereocenters. The van der Waals surface area contributed by atoms with Gasteiger partial charge < -0.3 is 19.3 Å². The van der Waals surface area contributed by atoms with Crippen molar-refractivity contribution in [3.63, 3.8) is 0 Å². The van der Waals surface area contributed by atoms with Crippen LogP contribution in [0, 0.1) is 5.82 Å². The van der Waals surface area contributed by atoms with Gasteiger partial charge in [0, 0.05) is 6.42 Å². The summed E-state index contributed by atoms with van der Waals surface area (Å²) >= 11 is 0. The number of rotatable bonds is 9. The Balaban J connectivity index is 1.87. The molecule has 2 rings (SSSR count). The highest BCUT2D eigenvalue weighted by Gasteiger charge is 2.19. The number of carboxylic acids is 1. The molecule has 156 valence electrons. The molecule has 1 N–H and O–H groups in total. The molecule has 0 aromatic heterocycles. The Morgan fingerprint density at radius 2 is 1.59 bits per heavy atom. The van der Waals surface area contributed by atoms with Crippen LogP contribution in [0.1, 0.15) is 31.9 Å². The summed E-state index contributed by atoms with van der Waals surface area (Å²) in [6.07, 6.45) is -0.892. The first-order valence-corrected chi connectivity index (χ1v) is 9.15. The molecule has 29 heavy (non-hydrogen) atoms. The van der Waals surface area contributed by atoms with Crippen LogP contribution in [0.2, 0.25) is 0 Å². The fourth-order valence-corrected chi connectivity index (χ4v) is 2.44. The van der Waals surface area contributed by atoms with E-state index in [1.807, 2.05) is 0 Å². The highest BCUT2D eigenvalue weighted by molar-refractivity contribution is 5.73. The van der Waals surface area contributed by atoms with E-state index in [1.165, 1.54) is 12.1 Å². The first-order chi connectivity index (χ1) is 13.6. The van der Waals surface area contributed by atoms with E-state index in [0.29, 0.717) is 11.3 Å². The van der Waals surface area contributed by atoms with Gasteiger partial charge in [0.1, 0.15) is 17.2 Å². The molecule has 0 aliphatic heterocycles. The molecule has 0 saturated heterocycles. The summed E-state index contributed by atoms with van der Waals surface area (Å²) < 4.78 is 29.0. The summed E-state index contributed by atoms with van der Waals surface area (Å²) in [6, 6.07) is 12.4. The minimum absolute atomic E-state index is 0.0638. The van der Waals surface area contributed by atoms with Crippen molar-refractivity contribution in [3.8, 4) is 5.75 Å². The number of aliphatic carboxylic acids is 1. The summed E-state index contributed by atoms with van der Waals surface area (Å²) in [5.74, 6) is -1.45. The molecule has 7 heteroatoms. The number of hydrogen-bond donors (Lipinski definition) is 1. The van der Waals surface area contributed by atoms with E-state index >= 15 is 0 Å². The SMILES string of the molecule is CC(C)(C)OC(=O)COc1ccc(CC(OCc2ccc(F)cc2)C(=O)O)cc1. The molecule has 0 radical (unpaired) electrons. The van der Waals surface area contributed by atoms with Crippen molar-refractivity contribution in [3.05, 3.63) is 65.5 Å². The zero-order chi connectivity index (χ0) is 21.4. The first-order valence-electron chi connectivity index (χ1n) is 9.15. The highest BCUT2D eigenvalue weighted by atomic mass is 19.1. The van der Waals surface area contributed by atoms with Crippen LogP contribution in [-0.4, -0.2) is 35.4 Å². The Morgan fingerprint density at radius 3 is 2.14 bits per heavy atom. The number of carbonyl (C=O) groups is 2. The van der Waals surface area contributed by atoms with Crippen LogP contribution in [0.15, 0.2) is 48.5 Å². The van der Waals surface area contributed by atoms with Gasteiger partial charge in [-0.2, -0.15) is 0 Å². The lowest BCUT2D eigenvalue weighted by atomic mass is 10.1. The topological polar surface area (TPSA) is 82.1 Å². The van der Waals surface area contributed by atoms with Gasteiger partial charge >= 0.3 is 11.9 Å². The molecule has 0 fully saturated rings. The van der Waals surface area contributed by atoms with Gasteiger partial charge in [0.2, 0.25) is 0 Å². The maximum atomic E-state index is 12.9. The largest absolute Gasteiger partial charge is 0.482 e. The van der Waals surface area contributed by atoms with Crippen molar-refractivity contribution in [1.82, 2.24) is 0 Å². The number of hydrogen-bond acceptors (Lipinski definition) is 5. The van der Waals surface area contributed by atoms with Crippen molar-refractivity contribution in [2.45, 2.75) is 45.5 Å². The lowest BCUT2D eigenvalue weighted by molar-refractivity contribution is -0.157. The number of carboxylic acid groups (broad SMARTS) is 1. The predicted octanol–water partition coefficient (Wildman–Crippen LogP) is 3.76. The third kappa shape index (κ3) is 8.31. The molecule has 2 aromatic rings. The van der Waals surface area contributed by atoms with Gasteiger partial charge in [-0.3, -0.25) is 0 Å². The number of esters is 1. The van der Waals surface area contributed by atoms with Crippen LogP contribution in [0.3, 0.4) is 0 Å². The summed E-state index contributed by atoms with van der Waals surface area (Å²) in [5.41, 5.74) is 0.842. The Labute approximate surface area is 169 Å². The van der Waals surface area contributed by atoms with Crippen LogP contribution in [0.4, 0.5) is 4.39 Å². The van der Waals surface area contributed by atoms with Gasteiger partial charge in [0.15, 0.2) is 12.7 Å². The van der Waals surface area contributed by atoms with E-state index in [4.69, 9.17) is 14.2 Å². The van der Waals surface area contributed by atoms with Gasteiger partial charge in [0.25, 0.3) is 0 Å². The Hall–Kier alpha value is -2.93. The smallest absolute Gasteiger partial charge is 0.344 e. The lowest BCUT2D eigenvalue weighted by Crippen LogP contribution is -2.27. The maximum absolute atomic E-state index is 12.9. The summed E-state index contributed by atoms with van der Waals surface area (Å²) in [5, 5.41) is 9.39. The van der Waals surface area contributed by atoms with Crippen LogP contribution in [0.25, 0.3) is 0 Å². The molecule has 0 aliphatic rings. The molecule has 6 nitrogen and oxygen atoms in total. The monoisotopic (exact) mass is 404 g/mol. The summed E-state index contributed by atoms with van der Waals surface area (Å²) in [4.78, 5) is 23.2. The van der Waals surface area contributed by atoms with E-state index in [-0.39, 0.29) is 25.5 Å². The molecule has 0 amide bonds. The normalized spacial score (nSPS) is 12.3. The van der Waals surface area contributed by atoms with Gasteiger partial charge in [-0.25, -0.2) is 14.0 Å². The molecule has 0 spiro atoms. The Kier molecular flexibility index (Phi) is 7.73. The van der Waals surface area contributed by atoms with E-state index in [2.05, 4.69) is 0 Å².